The van der Waals surface area contributed by atoms with Gasteiger partial charge in [-0.05, 0) is 37.1 Å². The minimum atomic E-state index is 0.381. The Balaban J connectivity index is 2.19. The van der Waals surface area contributed by atoms with Crippen LogP contribution in [0, 0.1) is 13.8 Å². The molecule has 0 N–H and O–H groups in total. The molecule has 0 heterocycles. The zero-order valence-electron chi connectivity index (χ0n) is 11.0. The molecule has 2 aromatic rings. The van der Waals surface area contributed by atoms with Gasteiger partial charge < -0.3 is 4.74 Å². The molecule has 96 valence electrons. The van der Waals surface area contributed by atoms with Crippen molar-refractivity contribution >= 4 is 11.8 Å². The van der Waals surface area contributed by atoms with Crippen LogP contribution in [0.2, 0.25) is 0 Å². The smallest absolute Gasteiger partial charge is 0.240 e. The average Bonchev–Trinajstić information content (AvgIpc) is 2.42. The molecule has 0 aliphatic carbocycles. The topological polar surface area (TPSA) is 38.7 Å². The summed E-state index contributed by atoms with van der Waals surface area (Å²) in [6, 6.07) is 13.5. The molecule has 3 heteroatoms. The summed E-state index contributed by atoms with van der Waals surface area (Å²) in [6.07, 6.45) is 1.56. The highest BCUT2D eigenvalue weighted by Gasteiger charge is 2.04. The zero-order valence-corrected chi connectivity index (χ0v) is 11.0. The average molecular weight is 253 g/mol. The van der Waals surface area contributed by atoms with E-state index in [0.717, 1.165) is 22.4 Å². The molecule has 2 aromatic carbocycles. The van der Waals surface area contributed by atoms with Crippen LogP contribution in [0.5, 0.6) is 5.75 Å². The first kappa shape index (κ1) is 13.1. The molecule has 0 saturated heterocycles. The Morgan fingerprint density at radius 3 is 2.74 bits per heavy atom. The molecular weight excluding hydrogens is 238 g/mol. The van der Waals surface area contributed by atoms with Crippen LogP contribution in [0.4, 0.5) is 5.69 Å². The van der Waals surface area contributed by atoms with Gasteiger partial charge in [-0.25, -0.2) is 4.79 Å². The van der Waals surface area contributed by atoms with E-state index in [0.29, 0.717) is 12.3 Å². The lowest BCUT2D eigenvalue weighted by atomic mass is 10.1. The van der Waals surface area contributed by atoms with E-state index in [1.54, 1.807) is 12.1 Å². The van der Waals surface area contributed by atoms with Crippen LogP contribution >= 0.6 is 0 Å². The second kappa shape index (κ2) is 5.98. The van der Waals surface area contributed by atoms with Crippen molar-refractivity contribution in [1.29, 1.82) is 0 Å². The van der Waals surface area contributed by atoms with Crippen molar-refractivity contribution in [3.05, 3.63) is 59.2 Å². The van der Waals surface area contributed by atoms with Crippen molar-refractivity contribution in [2.24, 2.45) is 4.99 Å². The van der Waals surface area contributed by atoms with Crippen LogP contribution in [-0.4, -0.2) is 6.08 Å². The van der Waals surface area contributed by atoms with Crippen molar-refractivity contribution in [1.82, 2.24) is 0 Å². The van der Waals surface area contributed by atoms with E-state index in [1.165, 1.54) is 0 Å². The third kappa shape index (κ3) is 3.30. The van der Waals surface area contributed by atoms with Crippen molar-refractivity contribution in [3.63, 3.8) is 0 Å². The van der Waals surface area contributed by atoms with Crippen molar-refractivity contribution in [2.45, 2.75) is 20.5 Å². The number of rotatable bonds is 4. The van der Waals surface area contributed by atoms with Gasteiger partial charge in [0, 0.05) is 5.56 Å². The van der Waals surface area contributed by atoms with Crippen LogP contribution in [0.3, 0.4) is 0 Å². The summed E-state index contributed by atoms with van der Waals surface area (Å²) in [4.78, 5) is 14.0. The van der Waals surface area contributed by atoms with E-state index in [4.69, 9.17) is 4.74 Å². The van der Waals surface area contributed by atoms with Gasteiger partial charge in [0.15, 0.2) is 0 Å². The summed E-state index contributed by atoms with van der Waals surface area (Å²) >= 11 is 0. The lowest BCUT2D eigenvalue weighted by Gasteiger charge is -2.11. The van der Waals surface area contributed by atoms with E-state index in [9.17, 15) is 4.79 Å². The van der Waals surface area contributed by atoms with Gasteiger partial charge in [0.1, 0.15) is 12.4 Å². The maximum atomic E-state index is 10.4. The highest BCUT2D eigenvalue weighted by Crippen LogP contribution is 2.23. The number of carbonyl (C=O) groups excluding carboxylic acids is 1. The van der Waals surface area contributed by atoms with Crippen LogP contribution < -0.4 is 4.74 Å². The van der Waals surface area contributed by atoms with Gasteiger partial charge in [-0.3, -0.25) is 0 Å². The molecule has 3 nitrogen and oxygen atoms in total. The Morgan fingerprint density at radius 2 is 1.95 bits per heavy atom. The molecule has 0 unspecified atom stereocenters. The maximum absolute atomic E-state index is 10.4. The van der Waals surface area contributed by atoms with Crippen molar-refractivity contribution < 1.29 is 9.53 Å². The number of hydrogen-bond donors (Lipinski definition) is 0. The maximum Gasteiger partial charge on any atom is 0.240 e. The van der Waals surface area contributed by atoms with Crippen molar-refractivity contribution in [2.75, 3.05) is 0 Å². The first-order valence-electron chi connectivity index (χ1n) is 6.06. The van der Waals surface area contributed by atoms with Gasteiger partial charge in [0.25, 0.3) is 0 Å². The summed E-state index contributed by atoms with van der Waals surface area (Å²) < 4.78 is 5.80. The summed E-state index contributed by atoms with van der Waals surface area (Å²) in [7, 11) is 0. The number of nitrogens with zero attached hydrogens (tertiary/aromatic N) is 1. The molecule has 2 rings (SSSR count). The number of para-hydroxylation sites is 1. The Morgan fingerprint density at radius 1 is 1.16 bits per heavy atom. The monoisotopic (exact) mass is 253 g/mol. The highest BCUT2D eigenvalue weighted by atomic mass is 16.5. The van der Waals surface area contributed by atoms with Gasteiger partial charge in [0.05, 0.1) is 5.69 Å². The van der Waals surface area contributed by atoms with Gasteiger partial charge in [-0.15, -0.1) is 0 Å². The molecule has 19 heavy (non-hydrogen) atoms. The molecule has 0 aliphatic rings. The largest absolute Gasteiger partial charge is 0.489 e. The predicted octanol–water partition coefficient (Wildman–Crippen LogP) is 3.85. The second-order valence-corrected chi connectivity index (χ2v) is 4.39. The highest BCUT2D eigenvalue weighted by molar-refractivity contribution is 5.53. The molecule has 0 bridgehead atoms. The summed E-state index contributed by atoms with van der Waals surface area (Å²) in [5.74, 6) is 0.852. The Kier molecular flexibility index (Phi) is 4.11. The van der Waals surface area contributed by atoms with E-state index in [-0.39, 0.29) is 0 Å². The van der Waals surface area contributed by atoms with Gasteiger partial charge in [-0.1, -0.05) is 30.3 Å². The molecule has 0 fully saturated rings. The Bertz CT molecular complexity index is 628. The van der Waals surface area contributed by atoms with Crippen LogP contribution in [0.15, 0.2) is 47.5 Å². The summed E-state index contributed by atoms with van der Waals surface area (Å²) in [5, 5.41) is 0. The predicted molar refractivity (Wildman–Crippen MR) is 74.5 cm³/mol. The summed E-state index contributed by atoms with van der Waals surface area (Å²) in [6.45, 7) is 4.41. The number of aryl methyl sites for hydroxylation is 2. The molecule has 0 aliphatic heterocycles. The molecule has 0 atom stereocenters. The van der Waals surface area contributed by atoms with E-state index < -0.39 is 0 Å². The standard InChI is InChI=1S/C16H15NO2/c1-12-7-8-13(2)16(9-12)19-10-14-5-3-4-6-15(14)17-11-18/h3-9H,10H2,1-2H3. The molecule has 0 saturated carbocycles. The number of hydrogen-bond acceptors (Lipinski definition) is 3. The van der Waals surface area contributed by atoms with Crippen LogP contribution in [0.1, 0.15) is 16.7 Å². The number of isocyanates is 1. The Labute approximate surface area is 112 Å². The van der Waals surface area contributed by atoms with Crippen LogP contribution in [-0.2, 0) is 11.4 Å². The lowest BCUT2D eigenvalue weighted by Crippen LogP contribution is -1.97. The molecular formula is C16H15NO2. The van der Waals surface area contributed by atoms with Gasteiger partial charge in [-0.2, -0.15) is 4.99 Å². The second-order valence-electron chi connectivity index (χ2n) is 4.39. The SMILES string of the molecule is Cc1ccc(C)c(OCc2ccccc2N=C=O)c1. The summed E-state index contributed by atoms with van der Waals surface area (Å²) in [5.41, 5.74) is 3.70. The van der Waals surface area contributed by atoms with E-state index in [1.807, 2.05) is 50.2 Å². The normalized spacial score (nSPS) is 9.79. The molecule has 0 spiro atoms. The minimum Gasteiger partial charge on any atom is -0.489 e. The fraction of sp³-hybridized carbons (Fsp3) is 0.188. The Hall–Kier alpha value is -2.38. The fourth-order valence-electron chi connectivity index (χ4n) is 1.81. The number of aliphatic imine (C=N–C) groups is 1. The molecule has 0 amide bonds. The fourth-order valence-corrected chi connectivity index (χ4v) is 1.81. The number of benzene rings is 2. The number of ether oxygens (including phenoxy) is 1. The van der Waals surface area contributed by atoms with Gasteiger partial charge >= 0.3 is 0 Å². The lowest BCUT2D eigenvalue weighted by molar-refractivity contribution is 0.304. The molecule has 0 radical (unpaired) electrons. The van der Waals surface area contributed by atoms with E-state index in [2.05, 4.69) is 4.99 Å². The minimum absolute atomic E-state index is 0.381. The third-order valence-electron chi connectivity index (χ3n) is 2.88. The molecule has 0 aromatic heterocycles. The quantitative estimate of drug-likeness (QED) is 0.613. The zero-order chi connectivity index (χ0) is 13.7. The first-order valence-corrected chi connectivity index (χ1v) is 6.06. The van der Waals surface area contributed by atoms with Crippen molar-refractivity contribution in [3.8, 4) is 5.75 Å². The van der Waals surface area contributed by atoms with Crippen LogP contribution in [0.25, 0.3) is 0 Å². The van der Waals surface area contributed by atoms with E-state index >= 15 is 0 Å². The third-order valence-corrected chi connectivity index (χ3v) is 2.88. The van der Waals surface area contributed by atoms with Gasteiger partial charge in [0.2, 0.25) is 6.08 Å². The first-order chi connectivity index (χ1) is 9.20.